The molecule has 154 valence electrons. The maximum atomic E-state index is 12.0. The average Bonchev–Trinajstić information content (AvgIpc) is 3.17. The molecule has 3 N–H and O–H groups in total. The number of nitrogens with one attached hydrogen (secondary N) is 2. The van der Waals surface area contributed by atoms with Crippen molar-refractivity contribution in [1.29, 1.82) is 0 Å². The fourth-order valence-corrected chi connectivity index (χ4v) is 2.88. The van der Waals surface area contributed by atoms with Crippen LogP contribution in [0.25, 0.3) is 11.3 Å². The molecule has 1 amide bonds. The van der Waals surface area contributed by atoms with Crippen LogP contribution in [-0.4, -0.2) is 29.7 Å². The second-order valence-corrected chi connectivity index (χ2v) is 6.98. The molecule has 0 aliphatic heterocycles. The molecule has 7 nitrogen and oxygen atoms in total. The van der Waals surface area contributed by atoms with Gasteiger partial charge >= 0.3 is 5.97 Å². The summed E-state index contributed by atoms with van der Waals surface area (Å²) in [5, 5.41) is 16.0. The van der Waals surface area contributed by atoms with Gasteiger partial charge in [-0.2, -0.15) is 5.10 Å². The minimum atomic E-state index is -0.973. The number of aryl methyl sites for hydroxylation is 3. The molecular weight excluding hydrogens is 382 g/mol. The lowest BCUT2D eigenvalue weighted by Gasteiger charge is -2.07. The summed E-state index contributed by atoms with van der Waals surface area (Å²) in [5.41, 5.74) is 7.48. The van der Waals surface area contributed by atoms with Gasteiger partial charge in [0.2, 0.25) is 0 Å². The summed E-state index contributed by atoms with van der Waals surface area (Å²) in [7, 11) is 0. The zero-order valence-corrected chi connectivity index (χ0v) is 17.0. The maximum Gasteiger partial charge on any atom is 0.335 e. The molecule has 7 heteroatoms. The van der Waals surface area contributed by atoms with Crippen LogP contribution in [0, 0.1) is 20.8 Å². The topological polar surface area (TPSA) is 104 Å². The van der Waals surface area contributed by atoms with Crippen molar-refractivity contribution < 1.29 is 19.1 Å². The van der Waals surface area contributed by atoms with Crippen LogP contribution in [0.1, 0.15) is 32.8 Å². The van der Waals surface area contributed by atoms with Crippen molar-refractivity contribution in [2.45, 2.75) is 20.8 Å². The van der Waals surface area contributed by atoms with E-state index < -0.39 is 5.97 Å². The van der Waals surface area contributed by atoms with Crippen molar-refractivity contribution in [2.75, 3.05) is 11.9 Å². The van der Waals surface area contributed by atoms with Crippen LogP contribution >= 0.6 is 0 Å². The van der Waals surface area contributed by atoms with Crippen LogP contribution in [0.5, 0.6) is 0 Å². The first-order chi connectivity index (χ1) is 14.3. The number of benzene rings is 2. The number of carbonyl (C=O) groups excluding carboxylic acids is 1. The number of anilines is 1. The van der Waals surface area contributed by atoms with Gasteiger partial charge in [-0.25, -0.2) is 10.2 Å². The SMILES string of the molecule is Cc1ccc(NCC(=O)N/N=C\c2ccc(-c3ccc(C(=O)O)cc3C)o2)cc1C. The second kappa shape index (κ2) is 9.09. The van der Waals surface area contributed by atoms with E-state index in [9.17, 15) is 9.59 Å². The van der Waals surface area contributed by atoms with Crippen LogP contribution in [0.15, 0.2) is 58.0 Å². The predicted octanol–water partition coefficient (Wildman–Crippen LogP) is 4.13. The minimum absolute atomic E-state index is 0.0956. The molecule has 0 radical (unpaired) electrons. The van der Waals surface area contributed by atoms with Gasteiger partial charge in [0, 0.05) is 11.3 Å². The minimum Gasteiger partial charge on any atom is -0.478 e. The van der Waals surface area contributed by atoms with E-state index in [2.05, 4.69) is 15.8 Å². The maximum absolute atomic E-state index is 12.0. The molecule has 0 aliphatic rings. The molecule has 1 aromatic heterocycles. The molecule has 2 aromatic carbocycles. The molecule has 0 atom stereocenters. The van der Waals surface area contributed by atoms with Gasteiger partial charge in [-0.15, -0.1) is 0 Å². The Kier molecular flexibility index (Phi) is 6.32. The Morgan fingerprint density at radius 2 is 1.80 bits per heavy atom. The van der Waals surface area contributed by atoms with E-state index in [1.807, 2.05) is 39.0 Å². The number of hydrogen-bond donors (Lipinski definition) is 3. The summed E-state index contributed by atoms with van der Waals surface area (Å²) in [5.74, 6) is -0.196. The number of hydrogen-bond acceptors (Lipinski definition) is 5. The lowest BCUT2D eigenvalue weighted by atomic mass is 10.0. The quantitative estimate of drug-likeness (QED) is 0.405. The summed E-state index contributed by atoms with van der Waals surface area (Å²) < 4.78 is 5.72. The largest absolute Gasteiger partial charge is 0.478 e. The summed E-state index contributed by atoms with van der Waals surface area (Å²) in [6, 6.07) is 14.2. The molecule has 0 unspecified atom stereocenters. The Hall–Kier alpha value is -3.87. The van der Waals surface area contributed by atoms with Gasteiger partial charge in [0.1, 0.15) is 11.5 Å². The number of carboxylic acid groups (broad SMARTS) is 1. The third-order valence-corrected chi connectivity index (χ3v) is 4.71. The van der Waals surface area contributed by atoms with Gasteiger partial charge in [-0.05, 0) is 73.9 Å². The summed E-state index contributed by atoms with van der Waals surface area (Å²) in [4.78, 5) is 23.0. The summed E-state index contributed by atoms with van der Waals surface area (Å²) >= 11 is 0. The molecule has 0 spiro atoms. The fraction of sp³-hybridized carbons (Fsp3) is 0.174. The van der Waals surface area contributed by atoms with Crippen molar-refractivity contribution in [2.24, 2.45) is 5.10 Å². The van der Waals surface area contributed by atoms with E-state index in [4.69, 9.17) is 9.52 Å². The third-order valence-electron chi connectivity index (χ3n) is 4.71. The number of furan rings is 1. The highest BCUT2D eigenvalue weighted by Crippen LogP contribution is 2.26. The molecule has 3 rings (SSSR count). The average molecular weight is 405 g/mol. The fourth-order valence-electron chi connectivity index (χ4n) is 2.88. The summed E-state index contributed by atoms with van der Waals surface area (Å²) in [6.45, 7) is 5.97. The van der Waals surface area contributed by atoms with E-state index in [0.29, 0.717) is 11.5 Å². The van der Waals surface area contributed by atoms with Crippen molar-refractivity contribution >= 4 is 23.8 Å². The van der Waals surface area contributed by atoms with Crippen molar-refractivity contribution in [3.05, 3.63) is 76.5 Å². The van der Waals surface area contributed by atoms with Crippen LogP contribution < -0.4 is 10.7 Å². The van der Waals surface area contributed by atoms with Crippen LogP contribution in [-0.2, 0) is 4.79 Å². The van der Waals surface area contributed by atoms with Gasteiger partial charge in [0.25, 0.3) is 5.91 Å². The molecule has 0 saturated heterocycles. The van der Waals surface area contributed by atoms with Crippen molar-refractivity contribution in [3.63, 3.8) is 0 Å². The number of amides is 1. The zero-order valence-electron chi connectivity index (χ0n) is 17.0. The van der Waals surface area contributed by atoms with E-state index in [1.54, 1.807) is 24.3 Å². The predicted molar refractivity (Wildman–Crippen MR) is 116 cm³/mol. The number of aromatic carboxylic acids is 1. The molecule has 3 aromatic rings. The molecular formula is C23H23N3O4. The number of rotatable bonds is 7. The summed E-state index contributed by atoms with van der Waals surface area (Å²) in [6.07, 6.45) is 1.42. The molecule has 0 saturated carbocycles. The molecule has 1 heterocycles. The van der Waals surface area contributed by atoms with E-state index >= 15 is 0 Å². The smallest absolute Gasteiger partial charge is 0.335 e. The van der Waals surface area contributed by atoms with Gasteiger partial charge in [-0.1, -0.05) is 12.1 Å². The Balaban J connectivity index is 1.56. The van der Waals surface area contributed by atoms with Crippen LogP contribution in [0.4, 0.5) is 5.69 Å². The number of carboxylic acids is 1. The van der Waals surface area contributed by atoms with E-state index in [1.165, 1.54) is 17.8 Å². The van der Waals surface area contributed by atoms with Crippen molar-refractivity contribution in [1.82, 2.24) is 5.43 Å². The third kappa shape index (κ3) is 5.14. The van der Waals surface area contributed by atoms with Gasteiger partial charge in [-0.3, -0.25) is 4.79 Å². The highest BCUT2D eigenvalue weighted by molar-refractivity contribution is 5.89. The van der Waals surface area contributed by atoms with Gasteiger partial charge < -0.3 is 14.8 Å². The number of hydrazone groups is 1. The Bertz CT molecular complexity index is 1120. The standard InChI is InChI=1S/C23H23N3O4/c1-14-4-6-18(11-15(14)2)24-13-22(27)26-25-12-19-7-9-21(30-19)20-8-5-17(23(28)29)10-16(20)3/h4-12,24H,13H2,1-3H3,(H,26,27)(H,28,29)/b25-12-. The number of nitrogens with zero attached hydrogens (tertiary/aromatic N) is 1. The lowest BCUT2D eigenvalue weighted by Crippen LogP contribution is -2.25. The van der Waals surface area contributed by atoms with Gasteiger partial charge in [0.05, 0.1) is 18.3 Å². The Morgan fingerprint density at radius 1 is 1.00 bits per heavy atom. The highest BCUT2D eigenvalue weighted by atomic mass is 16.4. The van der Waals surface area contributed by atoms with E-state index in [-0.39, 0.29) is 18.0 Å². The first-order valence-corrected chi connectivity index (χ1v) is 9.40. The molecule has 0 bridgehead atoms. The molecule has 0 aliphatic carbocycles. The normalized spacial score (nSPS) is 10.9. The lowest BCUT2D eigenvalue weighted by molar-refractivity contribution is -0.119. The Morgan fingerprint density at radius 3 is 2.50 bits per heavy atom. The second-order valence-electron chi connectivity index (χ2n) is 6.98. The zero-order chi connectivity index (χ0) is 21.7. The molecule has 0 fully saturated rings. The first kappa shape index (κ1) is 20.9. The van der Waals surface area contributed by atoms with Crippen LogP contribution in [0.2, 0.25) is 0 Å². The highest BCUT2D eigenvalue weighted by Gasteiger charge is 2.10. The first-order valence-electron chi connectivity index (χ1n) is 9.40. The van der Waals surface area contributed by atoms with Crippen LogP contribution in [0.3, 0.4) is 0 Å². The van der Waals surface area contributed by atoms with Crippen molar-refractivity contribution in [3.8, 4) is 11.3 Å². The Labute approximate surface area is 174 Å². The van der Waals surface area contributed by atoms with Gasteiger partial charge in [0.15, 0.2) is 0 Å². The molecule has 30 heavy (non-hydrogen) atoms. The number of carbonyl (C=O) groups is 2. The van der Waals surface area contributed by atoms with E-state index in [0.717, 1.165) is 22.4 Å². The monoisotopic (exact) mass is 405 g/mol.